The quantitative estimate of drug-likeness (QED) is 0.238. The van der Waals surface area contributed by atoms with Gasteiger partial charge in [-0.15, -0.1) is 23.2 Å². The average molecular weight is 517 g/mol. The zero-order valence-corrected chi connectivity index (χ0v) is 22.8. The minimum absolute atomic E-state index is 0.0895. The molecule has 0 bridgehead atoms. The molecule has 1 N–H and O–H groups in total. The second-order valence-corrected chi connectivity index (χ2v) is 10.9. The molecule has 9 heteroatoms. The molecule has 0 aromatic heterocycles. The van der Waals surface area contributed by atoms with Gasteiger partial charge in [-0.3, -0.25) is 9.59 Å². The first kappa shape index (κ1) is 30.0. The van der Waals surface area contributed by atoms with Crippen LogP contribution in [0.15, 0.2) is 18.2 Å². The number of esters is 1. The molecule has 1 atom stereocenters. The lowest BCUT2D eigenvalue weighted by atomic mass is 9.97. The first-order valence-electron chi connectivity index (χ1n) is 11.4. The number of hydrogen-bond donors (Lipinski definition) is 1. The molecule has 1 aromatic rings. The summed E-state index contributed by atoms with van der Waals surface area (Å²) >= 11 is 11.9. The predicted molar refractivity (Wildman–Crippen MR) is 137 cm³/mol. The van der Waals surface area contributed by atoms with E-state index in [4.69, 9.17) is 32.7 Å². The van der Waals surface area contributed by atoms with Gasteiger partial charge in [0.25, 0.3) is 0 Å². The van der Waals surface area contributed by atoms with Crippen molar-refractivity contribution >= 4 is 46.7 Å². The van der Waals surface area contributed by atoms with Gasteiger partial charge in [0, 0.05) is 48.6 Å². The molecule has 192 valence electrons. The molecular formula is C25H38Cl2N2O5. The Hall–Kier alpha value is -1.99. The van der Waals surface area contributed by atoms with Crippen molar-refractivity contribution in [1.29, 1.82) is 0 Å². The lowest BCUT2D eigenvalue weighted by Crippen LogP contribution is -2.42. The minimum Gasteiger partial charge on any atom is -0.460 e. The summed E-state index contributed by atoms with van der Waals surface area (Å²) in [5.41, 5.74) is 0.727. The van der Waals surface area contributed by atoms with Gasteiger partial charge in [-0.1, -0.05) is 6.07 Å². The number of amides is 1. The number of halogens is 2. The minimum atomic E-state index is -0.790. The van der Waals surface area contributed by atoms with E-state index in [1.165, 1.54) is 0 Å². The van der Waals surface area contributed by atoms with Crippen molar-refractivity contribution < 1.29 is 23.9 Å². The number of rotatable bonds is 11. The van der Waals surface area contributed by atoms with Crippen LogP contribution in [-0.4, -0.2) is 59.9 Å². The van der Waals surface area contributed by atoms with Gasteiger partial charge >= 0.3 is 12.1 Å². The van der Waals surface area contributed by atoms with Crippen LogP contribution in [0.1, 0.15) is 70.3 Å². The molecule has 0 aliphatic carbocycles. The summed E-state index contributed by atoms with van der Waals surface area (Å²) in [6.07, 6.45) is -0.950. The Kier molecular flexibility index (Phi) is 11.7. The number of ketones is 1. The first-order chi connectivity index (χ1) is 15.6. The third-order valence-corrected chi connectivity index (χ3v) is 4.92. The number of nitrogens with zero attached hydrogens (tertiary/aromatic N) is 1. The summed E-state index contributed by atoms with van der Waals surface area (Å²) < 4.78 is 10.7. The molecule has 7 nitrogen and oxygen atoms in total. The largest absolute Gasteiger partial charge is 0.460 e. The molecule has 0 radical (unpaired) electrons. The third kappa shape index (κ3) is 11.4. The Morgan fingerprint density at radius 3 is 2.00 bits per heavy atom. The van der Waals surface area contributed by atoms with E-state index < -0.39 is 29.3 Å². The monoisotopic (exact) mass is 516 g/mol. The summed E-state index contributed by atoms with van der Waals surface area (Å²) in [6.45, 7) is 13.5. The summed E-state index contributed by atoms with van der Waals surface area (Å²) in [6, 6.07) is 4.79. The highest BCUT2D eigenvalue weighted by Gasteiger charge is 2.27. The Balaban J connectivity index is 3.13. The molecular weight excluding hydrogens is 479 g/mol. The van der Waals surface area contributed by atoms with Crippen molar-refractivity contribution in [3.8, 4) is 0 Å². The molecule has 0 fully saturated rings. The van der Waals surface area contributed by atoms with Crippen molar-refractivity contribution in [3.63, 3.8) is 0 Å². The Morgan fingerprint density at radius 1 is 0.941 bits per heavy atom. The average Bonchev–Trinajstić information content (AvgIpc) is 2.64. The summed E-state index contributed by atoms with van der Waals surface area (Å²) in [7, 11) is 0. The van der Waals surface area contributed by atoms with Gasteiger partial charge in [-0.25, -0.2) is 4.79 Å². The lowest BCUT2D eigenvalue weighted by molar-refractivity contribution is -0.155. The van der Waals surface area contributed by atoms with E-state index in [1.807, 2.05) is 24.0 Å². The number of alkyl carbamates (subject to hydrolysis) is 1. The third-order valence-electron chi connectivity index (χ3n) is 4.58. The molecule has 0 aliphatic heterocycles. The number of Topliss-reactive ketones (excluding diaryl/α,β-unsaturated/α-hetero) is 1. The van der Waals surface area contributed by atoms with Crippen LogP contribution in [-0.2, 0) is 14.3 Å². The van der Waals surface area contributed by atoms with Crippen LogP contribution < -0.4 is 10.2 Å². The molecule has 1 unspecified atom stereocenters. The number of nitrogens with one attached hydrogen (secondary N) is 1. The van der Waals surface area contributed by atoms with Crippen LogP contribution in [0.3, 0.4) is 0 Å². The molecule has 1 amide bonds. The van der Waals surface area contributed by atoms with E-state index in [-0.39, 0.29) is 18.6 Å². The van der Waals surface area contributed by atoms with Gasteiger partial charge in [0.15, 0.2) is 5.78 Å². The number of ether oxygens (including phenoxy) is 2. The second-order valence-electron chi connectivity index (χ2n) is 10.1. The first-order valence-corrected chi connectivity index (χ1v) is 12.4. The predicted octanol–water partition coefficient (Wildman–Crippen LogP) is 5.48. The van der Waals surface area contributed by atoms with Gasteiger partial charge in [0.1, 0.15) is 11.2 Å². The Morgan fingerprint density at radius 2 is 1.50 bits per heavy atom. The number of carbonyl (C=O) groups excluding carboxylic acids is 3. The zero-order chi connectivity index (χ0) is 26.1. The van der Waals surface area contributed by atoms with Crippen LogP contribution in [0, 0.1) is 6.92 Å². The molecule has 34 heavy (non-hydrogen) atoms. The van der Waals surface area contributed by atoms with Crippen molar-refractivity contribution in [3.05, 3.63) is 29.3 Å². The van der Waals surface area contributed by atoms with Gasteiger partial charge in [-0.05, 0) is 66.2 Å². The second kappa shape index (κ2) is 13.2. The number of benzene rings is 1. The van der Waals surface area contributed by atoms with Gasteiger partial charge in [0.05, 0.1) is 6.42 Å². The highest BCUT2D eigenvalue weighted by atomic mass is 35.5. The van der Waals surface area contributed by atoms with Gasteiger partial charge in [-0.2, -0.15) is 0 Å². The van der Waals surface area contributed by atoms with Crippen molar-refractivity contribution in [1.82, 2.24) is 5.32 Å². The van der Waals surface area contributed by atoms with Crippen LogP contribution in [0.5, 0.6) is 0 Å². The van der Waals surface area contributed by atoms with Crippen LogP contribution in [0.2, 0.25) is 0 Å². The molecule has 1 aromatic carbocycles. The molecule has 0 heterocycles. The fourth-order valence-electron chi connectivity index (χ4n) is 3.25. The van der Waals surface area contributed by atoms with E-state index in [9.17, 15) is 14.4 Å². The maximum atomic E-state index is 13.3. The van der Waals surface area contributed by atoms with E-state index in [2.05, 4.69) is 5.32 Å². The number of aryl methyl sites for hydroxylation is 1. The zero-order valence-electron chi connectivity index (χ0n) is 21.3. The fraction of sp³-hybridized carbons (Fsp3) is 0.640. The summed E-state index contributed by atoms with van der Waals surface area (Å²) in [4.78, 5) is 40.1. The van der Waals surface area contributed by atoms with E-state index in [1.54, 1.807) is 47.6 Å². The maximum absolute atomic E-state index is 13.3. The van der Waals surface area contributed by atoms with E-state index >= 15 is 0 Å². The van der Waals surface area contributed by atoms with Crippen molar-refractivity contribution in [2.75, 3.05) is 29.7 Å². The molecule has 1 rings (SSSR count). The fourth-order valence-corrected chi connectivity index (χ4v) is 3.66. The number of carbonyl (C=O) groups is 3. The van der Waals surface area contributed by atoms with Gasteiger partial charge in [0.2, 0.25) is 0 Å². The topological polar surface area (TPSA) is 84.9 Å². The maximum Gasteiger partial charge on any atom is 0.407 e. The van der Waals surface area contributed by atoms with Crippen molar-refractivity contribution in [2.24, 2.45) is 0 Å². The Labute approximate surface area is 213 Å². The summed E-state index contributed by atoms with van der Waals surface area (Å²) in [5.74, 6) is 0.125. The SMILES string of the molecule is Cc1ccc(N(CCCl)CCCl)cc1C(=O)CC(CC(=O)OC(C)(C)C)NC(=O)OC(C)(C)C. The molecule has 0 spiro atoms. The lowest BCUT2D eigenvalue weighted by Gasteiger charge is -2.25. The normalized spacial score (nSPS) is 12.6. The molecule has 0 aliphatic rings. The molecule has 0 saturated carbocycles. The summed E-state index contributed by atoms with van der Waals surface area (Å²) in [5, 5.41) is 2.66. The Bertz CT molecular complexity index is 811. The van der Waals surface area contributed by atoms with E-state index in [0.717, 1.165) is 11.3 Å². The highest BCUT2D eigenvalue weighted by Crippen LogP contribution is 2.22. The number of alkyl halides is 2. The van der Waals surface area contributed by atoms with E-state index in [0.29, 0.717) is 30.4 Å². The highest BCUT2D eigenvalue weighted by molar-refractivity contribution is 6.18. The number of hydrogen-bond acceptors (Lipinski definition) is 6. The smallest absolute Gasteiger partial charge is 0.407 e. The van der Waals surface area contributed by atoms with Crippen molar-refractivity contribution in [2.45, 2.75) is 78.6 Å². The standard InChI is InChI=1S/C25H38Cl2N2O5/c1-17-8-9-19(29(12-10-26)13-11-27)16-20(17)21(30)14-18(15-22(31)33-24(2,3)4)28-23(32)34-25(5,6)7/h8-9,16,18H,10-15H2,1-7H3,(H,28,32). The van der Waals surface area contributed by atoms with Crippen LogP contribution >= 0.6 is 23.2 Å². The molecule has 0 saturated heterocycles. The van der Waals surface area contributed by atoms with Crippen LogP contribution in [0.25, 0.3) is 0 Å². The van der Waals surface area contributed by atoms with Crippen LogP contribution in [0.4, 0.5) is 10.5 Å². The van der Waals surface area contributed by atoms with Gasteiger partial charge < -0.3 is 19.7 Å². The number of anilines is 1.